The minimum atomic E-state index is -0.460. The van der Waals surface area contributed by atoms with E-state index >= 15 is 0 Å². The van der Waals surface area contributed by atoms with Gasteiger partial charge in [0, 0.05) is 31.7 Å². The number of nitrogens with zero attached hydrogens (tertiary/aromatic N) is 4. The quantitative estimate of drug-likeness (QED) is 0.599. The molecule has 1 unspecified atom stereocenters. The SMILES string of the molecule is Cc1ccc(F)c(Oc2cc(N3CCN(C(=O)Cc4ccc(F)cc4)C(C)C3)ncn2)c1. The van der Waals surface area contributed by atoms with Gasteiger partial charge in [0.25, 0.3) is 0 Å². The average molecular weight is 438 g/mol. The van der Waals surface area contributed by atoms with Crippen LogP contribution < -0.4 is 9.64 Å². The van der Waals surface area contributed by atoms with Crippen molar-refractivity contribution < 1.29 is 18.3 Å². The van der Waals surface area contributed by atoms with Gasteiger partial charge in [0.15, 0.2) is 11.6 Å². The molecular weight excluding hydrogens is 414 g/mol. The number of aryl methyl sites for hydroxylation is 1. The van der Waals surface area contributed by atoms with E-state index in [4.69, 9.17) is 4.74 Å². The second kappa shape index (κ2) is 9.30. The van der Waals surface area contributed by atoms with Crippen molar-refractivity contribution in [1.29, 1.82) is 0 Å². The van der Waals surface area contributed by atoms with E-state index in [1.807, 2.05) is 23.6 Å². The summed E-state index contributed by atoms with van der Waals surface area (Å²) in [7, 11) is 0. The van der Waals surface area contributed by atoms with E-state index in [1.54, 1.807) is 30.3 Å². The van der Waals surface area contributed by atoms with Crippen LogP contribution in [0, 0.1) is 18.6 Å². The Morgan fingerprint density at radius 3 is 2.62 bits per heavy atom. The number of piperazine rings is 1. The predicted molar refractivity (Wildman–Crippen MR) is 117 cm³/mol. The summed E-state index contributed by atoms with van der Waals surface area (Å²) in [5.74, 6) is 0.242. The third-order valence-electron chi connectivity index (χ3n) is 5.47. The fraction of sp³-hybridized carbons (Fsp3) is 0.292. The largest absolute Gasteiger partial charge is 0.436 e. The molecule has 1 aliphatic heterocycles. The van der Waals surface area contributed by atoms with E-state index in [0.29, 0.717) is 25.5 Å². The van der Waals surface area contributed by atoms with Crippen LogP contribution in [0.5, 0.6) is 11.6 Å². The van der Waals surface area contributed by atoms with Gasteiger partial charge in [0.05, 0.1) is 6.42 Å². The lowest BCUT2D eigenvalue weighted by atomic mass is 10.1. The van der Waals surface area contributed by atoms with Gasteiger partial charge < -0.3 is 14.5 Å². The normalized spacial score (nSPS) is 16.2. The number of rotatable bonds is 5. The van der Waals surface area contributed by atoms with Crippen LogP contribution in [0.2, 0.25) is 0 Å². The third-order valence-corrected chi connectivity index (χ3v) is 5.47. The number of hydrogen-bond donors (Lipinski definition) is 0. The molecule has 2 heterocycles. The Morgan fingerprint density at radius 1 is 1.09 bits per heavy atom. The van der Waals surface area contributed by atoms with Gasteiger partial charge >= 0.3 is 0 Å². The molecule has 1 fully saturated rings. The first-order chi connectivity index (χ1) is 15.4. The smallest absolute Gasteiger partial charge is 0.227 e. The summed E-state index contributed by atoms with van der Waals surface area (Å²) in [5.41, 5.74) is 1.66. The van der Waals surface area contributed by atoms with Crippen LogP contribution in [0.25, 0.3) is 0 Å². The second-order valence-electron chi connectivity index (χ2n) is 7.94. The van der Waals surface area contributed by atoms with Crippen LogP contribution in [0.3, 0.4) is 0 Å². The second-order valence-corrected chi connectivity index (χ2v) is 7.94. The molecule has 1 atom stereocenters. The van der Waals surface area contributed by atoms with E-state index in [9.17, 15) is 13.6 Å². The molecule has 2 aromatic carbocycles. The zero-order valence-corrected chi connectivity index (χ0v) is 18.0. The molecule has 1 saturated heterocycles. The number of hydrogen-bond acceptors (Lipinski definition) is 5. The lowest BCUT2D eigenvalue weighted by Gasteiger charge is -2.40. The van der Waals surface area contributed by atoms with Gasteiger partial charge in [-0.15, -0.1) is 0 Å². The van der Waals surface area contributed by atoms with Crippen LogP contribution in [-0.2, 0) is 11.2 Å². The highest BCUT2D eigenvalue weighted by Crippen LogP contribution is 2.26. The number of amides is 1. The standard InChI is InChI=1S/C24H24F2N4O2/c1-16-3-8-20(26)21(11-16)32-23-13-22(27-15-28-23)29-9-10-30(17(2)14-29)24(31)12-18-4-6-19(25)7-5-18/h3-8,11,13,15,17H,9-10,12,14H2,1-2H3. The number of benzene rings is 2. The lowest BCUT2D eigenvalue weighted by Crippen LogP contribution is -2.54. The fourth-order valence-corrected chi connectivity index (χ4v) is 3.77. The summed E-state index contributed by atoms with van der Waals surface area (Å²) in [4.78, 5) is 25.1. The summed E-state index contributed by atoms with van der Waals surface area (Å²) in [6.07, 6.45) is 1.62. The van der Waals surface area contributed by atoms with E-state index in [2.05, 4.69) is 9.97 Å². The summed E-state index contributed by atoms with van der Waals surface area (Å²) in [6, 6.07) is 12.3. The van der Waals surface area contributed by atoms with Crippen molar-refractivity contribution in [1.82, 2.24) is 14.9 Å². The van der Waals surface area contributed by atoms with Crippen molar-refractivity contribution in [2.24, 2.45) is 0 Å². The molecule has 0 aliphatic carbocycles. The van der Waals surface area contributed by atoms with Crippen LogP contribution in [0.1, 0.15) is 18.1 Å². The molecule has 3 aromatic rings. The number of anilines is 1. The molecule has 32 heavy (non-hydrogen) atoms. The summed E-state index contributed by atoms with van der Waals surface area (Å²) in [5, 5.41) is 0. The van der Waals surface area contributed by atoms with Gasteiger partial charge in [-0.05, 0) is 49.2 Å². The Balaban J connectivity index is 1.40. The molecule has 1 aliphatic rings. The molecule has 166 valence electrons. The Morgan fingerprint density at radius 2 is 1.88 bits per heavy atom. The van der Waals surface area contributed by atoms with E-state index in [-0.39, 0.29) is 35.8 Å². The number of ether oxygens (including phenoxy) is 1. The van der Waals surface area contributed by atoms with Crippen molar-refractivity contribution in [3.63, 3.8) is 0 Å². The van der Waals surface area contributed by atoms with E-state index < -0.39 is 5.82 Å². The fourth-order valence-electron chi connectivity index (χ4n) is 3.77. The highest BCUT2D eigenvalue weighted by Gasteiger charge is 2.28. The molecule has 0 spiro atoms. The molecule has 8 heteroatoms. The number of halogens is 2. The maximum absolute atomic E-state index is 14.0. The van der Waals surface area contributed by atoms with Crippen molar-refractivity contribution in [2.75, 3.05) is 24.5 Å². The van der Waals surface area contributed by atoms with Crippen LogP contribution in [0.15, 0.2) is 54.9 Å². The Bertz CT molecular complexity index is 1110. The molecule has 0 bridgehead atoms. The van der Waals surface area contributed by atoms with Crippen LogP contribution >= 0.6 is 0 Å². The number of carbonyl (C=O) groups is 1. The van der Waals surface area contributed by atoms with Gasteiger partial charge in [-0.3, -0.25) is 4.79 Å². The zero-order chi connectivity index (χ0) is 22.7. The Labute approximate surface area is 185 Å². The van der Waals surface area contributed by atoms with Crippen molar-refractivity contribution >= 4 is 11.7 Å². The Kier molecular flexibility index (Phi) is 6.30. The molecule has 6 nitrogen and oxygen atoms in total. The van der Waals surface area contributed by atoms with Crippen molar-refractivity contribution in [3.8, 4) is 11.6 Å². The first-order valence-corrected chi connectivity index (χ1v) is 10.4. The maximum Gasteiger partial charge on any atom is 0.227 e. The maximum atomic E-state index is 14.0. The molecule has 0 radical (unpaired) electrons. The van der Waals surface area contributed by atoms with E-state index in [0.717, 1.165) is 11.1 Å². The summed E-state index contributed by atoms with van der Waals surface area (Å²) < 4.78 is 32.8. The topological polar surface area (TPSA) is 58.6 Å². The molecule has 1 aromatic heterocycles. The molecule has 1 amide bonds. The van der Waals surface area contributed by atoms with Gasteiger partial charge in [-0.25, -0.2) is 18.7 Å². The molecular formula is C24H24F2N4O2. The minimum absolute atomic E-state index is 0.00499. The van der Waals surface area contributed by atoms with Crippen LogP contribution in [0.4, 0.5) is 14.6 Å². The molecule has 0 saturated carbocycles. The first kappa shape index (κ1) is 21.7. The molecule has 0 N–H and O–H groups in total. The predicted octanol–water partition coefficient (Wildman–Crippen LogP) is 4.14. The van der Waals surface area contributed by atoms with E-state index in [1.165, 1.54) is 24.5 Å². The van der Waals surface area contributed by atoms with Gasteiger partial charge in [0.2, 0.25) is 11.8 Å². The zero-order valence-electron chi connectivity index (χ0n) is 18.0. The average Bonchev–Trinajstić information content (AvgIpc) is 2.78. The van der Waals surface area contributed by atoms with Crippen LogP contribution in [-0.4, -0.2) is 46.5 Å². The number of carbonyl (C=O) groups excluding carboxylic acids is 1. The lowest BCUT2D eigenvalue weighted by molar-refractivity contribution is -0.132. The monoisotopic (exact) mass is 438 g/mol. The Hall–Kier alpha value is -3.55. The third kappa shape index (κ3) is 5.01. The summed E-state index contributed by atoms with van der Waals surface area (Å²) in [6.45, 7) is 5.55. The minimum Gasteiger partial charge on any atom is -0.436 e. The van der Waals surface area contributed by atoms with Gasteiger partial charge in [0.1, 0.15) is 18.0 Å². The summed E-state index contributed by atoms with van der Waals surface area (Å²) >= 11 is 0. The highest BCUT2D eigenvalue weighted by molar-refractivity contribution is 5.79. The number of aromatic nitrogens is 2. The van der Waals surface area contributed by atoms with Crippen molar-refractivity contribution in [2.45, 2.75) is 26.3 Å². The van der Waals surface area contributed by atoms with Gasteiger partial charge in [-0.2, -0.15) is 0 Å². The van der Waals surface area contributed by atoms with Crippen molar-refractivity contribution in [3.05, 3.63) is 77.6 Å². The van der Waals surface area contributed by atoms with Gasteiger partial charge in [-0.1, -0.05) is 18.2 Å². The first-order valence-electron chi connectivity index (χ1n) is 10.4. The highest BCUT2D eigenvalue weighted by atomic mass is 19.1. The molecule has 4 rings (SSSR count).